The van der Waals surface area contributed by atoms with Gasteiger partial charge >= 0.3 is 12.1 Å². The van der Waals surface area contributed by atoms with Crippen LogP contribution in [0, 0.1) is 5.41 Å². The monoisotopic (exact) mass is 313 g/mol. The molecule has 0 aromatic rings. The molecule has 1 amide bonds. The highest BCUT2D eigenvalue weighted by Crippen LogP contribution is 2.56. The maximum absolute atomic E-state index is 12.5. The summed E-state index contributed by atoms with van der Waals surface area (Å²) in [5.41, 5.74) is -1.01. The first-order chi connectivity index (χ1) is 10.2. The Morgan fingerprint density at radius 3 is 2.36 bits per heavy atom. The largest absolute Gasteiger partial charge is 0.479 e. The quantitative estimate of drug-likeness (QED) is 0.863. The summed E-state index contributed by atoms with van der Waals surface area (Å²) in [4.78, 5) is 25.7. The van der Waals surface area contributed by atoms with Crippen LogP contribution in [-0.4, -0.2) is 53.5 Å². The number of carboxylic acids is 1. The zero-order valence-electron chi connectivity index (χ0n) is 13.9. The van der Waals surface area contributed by atoms with Crippen LogP contribution in [0.1, 0.15) is 52.9 Å². The van der Waals surface area contributed by atoms with Crippen LogP contribution in [0.4, 0.5) is 4.79 Å². The maximum atomic E-state index is 12.5. The molecule has 2 unspecified atom stereocenters. The highest BCUT2D eigenvalue weighted by atomic mass is 16.6. The smallest absolute Gasteiger partial charge is 0.410 e. The molecule has 1 saturated heterocycles. The highest BCUT2D eigenvalue weighted by molar-refractivity contribution is 5.75. The number of likely N-dealkylation sites (tertiary alicyclic amines) is 1. The van der Waals surface area contributed by atoms with E-state index in [0.717, 1.165) is 32.1 Å². The van der Waals surface area contributed by atoms with E-state index < -0.39 is 23.1 Å². The molecule has 22 heavy (non-hydrogen) atoms. The molecule has 1 aliphatic carbocycles. The van der Waals surface area contributed by atoms with E-state index in [1.807, 2.05) is 20.8 Å². The van der Waals surface area contributed by atoms with E-state index in [0.29, 0.717) is 6.54 Å². The number of nitrogens with zero attached hydrogens (tertiary/aromatic N) is 1. The van der Waals surface area contributed by atoms with E-state index in [2.05, 4.69) is 0 Å². The average molecular weight is 313 g/mol. The minimum atomic E-state index is -0.949. The first-order valence-corrected chi connectivity index (χ1v) is 7.96. The molecule has 1 aliphatic heterocycles. The normalized spacial score (nSPS) is 25.5. The first-order valence-electron chi connectivity index (χ1n) is 7.96. The van der Waals surface area contributed by atoms with Crippen molar-refractivity contribution < 1.29 is 24.2 Å². The van der Waals surface area contributed by atoms with Crippen molar-refractivity contribution in [3.8, 4) is 0 Å². The number of carbonyl (C=O) groups is 2. The zero-order chi connectivity index (χ0) is 16.5. The van der Waals surface area contributed by atoms with E-state index in [1.165, 1.54) is 7.11 Å². The Labute approximate surface area is 131 Å². The van der Waals surface area contributed by atoms with Crippen molar-refractivity contribution in [1.29, 1.82) is 0 Å². The highest BCUT2D eigenvalue weighted by Gasteiger charge is 2.60. The molecule has 2 aliphatic rings. The van der Waals surface area contributed by atoms with Crippen molar-refractivity contribution in [2.45, 2.75) is 70.6 Å². The van der Waals surface area contributed by atoms with Crippen LogP contribution in [-0.2, 0) is 14.3 Å². The predicted octanol–water partition coefficient (Wildman–Crippen LogP) is 2.66. The minimum absolute atomic E-state index is 0.114. The second-order valence-electron chi connectivity index (χ2n) is 7.37. The molecule has 2 atom stereocenters. The SMILES string of the molecule is COC(C(=O)O)C1(C2CCCCN2C(=O)OC(C)(C)C)CC1. The minimum Gasteiger partial charge on any atom is -0.479 e. The molecular weight excluding hydrogens is 286 g/mol. The maximum Gasteiger partial charge on any atom is 0.410 e. The Balaban J connectivity index is 2.20. The molecule has 2 fully saturated rings. The number of ether oxygens (including phenoxy) is 2. The Bertz CT molecular complexity index is 438. The topological polar surface area (TPSA) is 76.1 Å². The van der Waals surface area contributed by atoms with Gasteiger partial charge in [-0.2, -0.15) is 0 Å². The van der Waals surface area contributed by atoms with Crippen LogP contribution >= 0.6 is 0 Å². The van der Waals surface area contributed by atoms with E-state index in [9.17, 15) is 14.7 Å². The van der Waals surface area contributed by atoms with Gasteiger partial charge in [0.25, 0.3) is 0 Å². The summed E-state index contributed by atoms with van der Waals surface area (Å²) in [5.74, 6) is -0.949. The summed E-state index contributed by atoms with van der Waals surface area (Å²) >= 11 is 0. The fourth-order valence-electron chi connectivity index (χ4n) is 3.56. The molecule has 0 spiro atoms. The summed E-state index contributed by atoms with van der Waals surface area (Å²) in [5, 5.41) is 9.43. The Morgan fingerprint density at radius 2 is 1.91 bits per heavy atom. The van der Waals surface area contributed by atoms with E-state index in [1.54, 1.807) is 4.90 Å². The molecule has 2 rings (SSSR count). The van der Waals surface area contributed by atoms with Crippen molar-refractivity contribution in [1.82, 2.24) is 4.90 Å². The number of methoxy groups -OCH3 is 1. The lowest BCUT2D eigenvalue weighted by Gasteiger charge is -2.42. The molecule has 1 N–H and O–H groups in total. The lowest BCUT2D eigenvalue weighted by Crippen LogP contribution is -2.54. The number of aliphatic carboxylic acids is 1. The van der Waals surface area contributed by atoms with Crippen molar-refractivity contribution in [3.63, 3.8) is 0 Å². The molecule has 126 valence electrons. The molecule has 1 heterocycles. The fourth-order valence-corrected chi connectivity index (χ4v) is 3.56. The molecule has 1 saturated carbocycles. The van der Waals surface area contributed by atoms with Crippen molar-refractivity contribution in [2.24, 2.45) is 5.41 Å². The third kappa shape index (κ3) is 3.37. The van der Waals surface area contributed by atoms with Gasteiger partial charge in [0.1, 0.15) is 5.60 Å². The van der Waals surface area contributed by atoms with Gasteiger partial charge in [0.2, 0.25) is 0 Å². The lowest BCUT2D eigenvalue weighted by atomic mass is 9.83. The predicted molar refractivity (Wildman–Crippen MR) is 80.7 cm³/mol. The van der Waals surface area contributed by atoms with Gasteiger partial charge in [-0.15, -0.1) is 0 Å². The molecule has 0 bridgehead atoms. The van der Waals surface area contributed by atoms with Gasteiger partial charge in [-0.05, 0) is 52.9 Å². The average Bonchev–Trinajstić information content (AvgIpc) is 3.18. The van der Waals surface area contributed by atoms with Crippen molar-refractivity contribution in [2.75, 3.05) is 13.7 Å². The van der Waals surface area contributed by atoms with E-state index >= 15 is 0 Å². The van der Waals surface area contributed by atoms with Gasteiger partial charge in [0.15, 0.2) is 6.10 Å². The second kappa shape index (κ2) is 6.07. The Hall–Kier alpha value is -1.30. The number of piperidine rings is 1. The summed E-state index contributed by atoms with van der Waals surface area (Å²) in [6.07, 6.45) is 3.10. The number of hydrogen-bond donors (Lipinski definition) is 1. The Morgan fingerprint density at radius 1 is 1.27 bits per heavy atom. The molecule has 6 nitrogen and oxygen atoms in total. The van der Waals surface area contributed by atoms with Crippen LogP contribution in [0.2, 0.25) is 0 Å². The van der Waals surface area contributed by atoms with Gasteiger partial charge < -0.3 is 19.5 Å². The fraction of sp³-hybridized carbons (Fsp3) is 0.875. The van der Waals surface area contributed by atoms with Crippen LogP contribution in [0.5, 0.6) is 0 Å². The van der Waals surface area contributed by atoms with Crippen molar-refractivity contribution >= 4 is 12.1 Å². The number of amides is 1. The van der Waals surface area contributed by atoms with Gasteiger partial charge in [-0.1, -0.05) is 0 Å². The van der Waals surface area contributed by atoms with Gasteiger partial charge in [-0.3, -0.25) is 0 Å². The number of carboxylic acid groups (broad SMARTS) is 1. The van der Waals surface area contributed by atoms with Gasteiger partial charge in [0, 0.05) is 25.1 Å². The number of rotatable bonds is 4. The molecule has 0 aromatic carbocycles. The zero-order valence-corrected chi connectivity index (χ0v) is 13.9. The molecular formula is C16H27NO5. The van der Waals surface area contributed by atoms with Crippen LogP contribution < -0.4 is 0 Å². The third-order valence-corrected chi connectivity index (χ3v) is 4.60. The standard InChI is InChI=1S/C16H27NO5/c1-15(2,3)22-14(20)17-10-6-5-7-11(17)16(8-9-16)12(21-4)13(18)19/h11-12H,5-10H2,1-4H3,(H,18,19). The summed E-state index contributed by atoms with van der Waals surface area (Å²) in [7, 11) is 1.43. The van der Waals surface area contributed by atoms with Crippen LogP contribution in [0.3, 0.4) is 0 Å². The first kappa shape index (κ1) is 17.1. The number of carbonyl (C=O) groups excluding carboxylic acids is 1. The third-order valence-electron chi connectivity index (χ3n) is 4.60. The van der Waals surface area contributed by atoms with Crippen LogP contribution in [0.15, 0.2) is 0 Å². The molecule has 0 radical (unpaired) electrons. The number of hydrogen-bond acceptors (Lipinski definition) is 4. The second-order valence-corrected chi connectivity index (χ2v) is 7.37. The van der Waals surface area contributed by atoms with Gasteiger partial charge in [0.05, 0.1) is 0 Å². The van der Waals surface area contributed by atoms with E-state index in [4.69, 9.17) is 9.47 Å². The Kier molecular flexibility index (Phi) is 4.70. The summed E-state index contributed by atoms with van der Waals surface area (Å²) in [6.45, 7) is 6.14. The van der Waals surface area contributed by atoms with E-state index in [-0.39, 0.29) is 12.1 Å². The lowest BCUT2D eigenvalue weighted by molar-refractivity contribution is -0.156. The van der Waals surface area contributed by atoms with Gasteiger partial charge in [-0.25, -0.2) is 9.59 Å². The molecule has 0 aromatic heterocycles. The molecule has 6 heteroatoms. The summed E-state index contributed by atoms with van der Waals surface area (Å²) < 4.78 is 10.7. The van der Waals surface area contributed by atoms with Crippen molar-refractivity contribution in [3.05, 3.63) is 0 Å². The van der Waals surface area contributed by atoms with Crippen LogP contribution in [0.25, 0.3) is 0 Å². The summed E-state index contributed by atoms with van der Waals surface area (Å²) in [6, 6.07) is -0.114.